The molecule has 4 aromatic carbocycles. The molecule has 4 aromatic rings. The van der Waals surface area contributed by atoms with E-state index < -0.39 is 44.5 Å². The second-order valence-electron chi connectivity index (χ2n) is 14.6. The summed E-state index contributed by atoms with van der Waals surface area (Å²) >= 11 is 0. The van der Waals surface area contributed by atoms with Crippen LogP contribution < -0.4 is 10.2 Å². The third-order valence-electron chi connectivity index (χ3n) is 9.27. The number of ketones is 2. The lowest BCUT2D eigenvalue weighted by Gasteiger charge is -2.36. The van der Waals surface area contributed by atoms with Crippen LogP contribution in [0.4, 0.5) is 11.4 Å². The highest BCUT2D eigenvalue weighted by molar-refractivity contribution is 7.86. The minimum absolute atomic E-state index is 0.0967. The number of benzene rings is 4. The average molecular weight is 667 g/mol. The van der Waals surface area contributed by atoms with E-state index in [0.29, 0.717) is 33.5 Å². The van der Waals surface area contributed by atoms with Crippen molar-refractivity contribution in [3.63, 3.8) is 0 Å². The number of carbonyl (C=O) groups excluding carboxylic acids is 3. The quantitative estimate of drug-likeness (QED) is 0.154. The van der Waals surface area contributed by atoms with Crippen LogP contribution in [0.25, 0.3) is 16.8 Å². The van der Waals surface area contributed by atoms with E-state index in [1.165, 1.54) is 24.3 Å². The maximum Gasteiger partial charge on any atom is 0.295 e. The van der Waals surface area contributed by atoms with Gasteiger partial charge in [0.25, 0.3) is 16.0 Å². The van der Waals surface area contributed by atoms with Crippen molar-refractivity contribution in [1.29, 1.82) is 0 Å². The number of carbonyl (C=O) groups is 3. The van der Waals surface area contributed by atoms with Crippen LogP contribution in [0, 0.1) is 5.92 Å². The van der Waals surface area contributed by atoms with Gasteiger partial charge in [-0.1, -0.05) is 78.0 Å². The van der Waals surface area contributed by atoms with Crippen molar-refractivity contribution in [2.24, 2.45) is 5.92 Å². The number of phenols is 1. The van der Waals surface area contributed by atoms with Crippen molar-refractivity contribution in [3.05, 3.63) is 100 Å². The highest BCUT2D eigenvalue weighted by atomic mass is 32.2. The first-order chi connectivity index (χ1) is 22.3. The zero-order valence-corrected chi connectivity index (χ0v) is 28.7. The van der Waals surface area contributed by atoms with Gasteiger partial charge in [-0.3, -0.25) is 18.9 Å². The predicted octanol–water partition coefficient (Wildman–Crippen LogP) is 7.17. The molecule has 0 aromatic heterocycles. The molecule has 0 saturated heterocycles. The molecule has 2 atom stereocenters. The van der Waals surface area contributed by atoms with Crippen LogP contribution in [-0.4, -0.2) is 48.6 Å². The number of aromatic hydroxyl groups is 1. The van der Waals surface area contributed by atoms with Gasteiger partial charge in [0.05, 0.1) is 17.4 Å². The number of fused-ring (bicyclic) bond motifs is 3. The summed E-state index contributed by atoms with van der Waals surface area (Å²) < 4.78 is 33.9. The molecule has 0 saturated carbocycles. The molecular formula is C38H38N2O7S. The molecule has 248 valence electrons. The van der Waals surface area contributed by atoms with Crippen molar-refractivity contribution >= 4 is 55.8 Å². The number of nitrogens with zero attached hydrogens (tertiary/aromatic N) is 1. The molecule has 1 heterocycles. The molecule has 1 aliphatic heterocycles. The largest absolute Gasteiger partial charge is 0.507 e. The molecule has 0 radical (unpaired) electrons. The molecule has 9 nitrogen and oxygen atoms in total. The van der Waals surface area contributed by atoms with Gasteiger partial charge in [-0.2, -0.15) is 8.42 Å². The third kappa shape index (κ3) is 5.48. The molecule has 0 bridgehead atoms. The first-order valence-electron chi connectivity index (χ1n) is 15.6. The van der Waals surface area contributed by atoms with Crippen molar-refractivity contribution in [3.8, 4) is 5.75 Å². The standard InChI is InChI=1S/C38H38N2O7S/c1-37(2,3)26-17-22(18-27(35(26)43)38(4,5)6)36(44)39-28-12-8-10-20-14-15-29(40(7)32(20)28)31-33(41)24-16-21-11-9-13-30(48(45,46)47)23(21)19-25(24)34(31)42/h8-19,29,31,43H,1-7H3,(H,39,44)(H,45,46,47). The van der Waals surface area contributed by atoms with E-state index in [4.69, 9.17) is 0 Å². The predicted molar refractivity (Wildman–Crippen MR) is 187 cm³/mol. The summed E-state index contributed by atoms with van der Waals surface area (Å²) in [6.45, 7) is 11.9. The fourth-order valence-electron chi connectivity index (χ4n) is 6.80. The van der Waals surface area contributed by atoms with Gasteiger partial charge in [-0.15, -0.1) is 0 Å². The van der Waals surface area contributed by atoms with Crippen LogP contribution in [0.3, 0.4) is 0 Å². The number of para-hydroxylation sites is 1. The average Bonchev–Trinajstić information content (AvgIpc) is 3.22. The number of Topliss-reactive ketones (excluding diaryl/α,β-unsaturated/α-hetero) is 2. The van der Waals surface area contributed by atoms with Crippen LogP contribution in [0.2, 0.25) is 0 Å². The number of likely N-dealkylation sites (N-methyl/N-ethyl adjacent to an activating group) is 1. The van der Waals surface area contributed by atoms with Crippen LogP contribution in [-0.2, 0) is 20.9 Å². The van der Waals surface area contributed by atoms with Crippen LogP contribution in [0.1, 0.15) is 89.3 Å². The molecule has 10 heteroatoms. The van der Waals surface area contributed by atoms with Gasteiger partial charge in [-0.25, -0.2) is 0 Å². The van der Waals surface area contributed by atoms with E-state index in [1.807, 2.05) is 59.8 Å². The normalized spacial score (nSPS) is 17.9. The highest BCUT2D eigenvalue weighted by Gasteiger charge is 2.45. The molecular weight excluding hydrogens is 628 g/mol. The van der Waals surface area contributed by atoms with E-state index in [1.54, 1.807) is 42.3 Å². The summed E-state index contributed by atoms with van der Waals surface area (Å²) in [7, 11) is -2.81. The second kappa shape index (κ2) is 11.1. The number of amides is 1. The van der Waals surface area contributed by atoms with Crippen molar-refractivity contribution in [2.45, 2.75) is 63.3 Å². The third-order valence-corrected chi connectivity index (χ3v) is 10.2. The Morgan fingerprint density at radius 3 is 2.02 bits per heavy atom. The van der Waals surface area contributed by atoms with Crippen LogP contribution in [0.15, 0.2) is 71.6 Å². The number of hydrogen-bond acceptors (Lipinski definition) is 7. The number of anilines is 2. The van der Waals surface area contributed by atoms with Crippen LogP contribution in [0.5, 0.6) is 5.75 Å². The van der Waals surface area contributed by atoms with E-state index in [-0.39, 0.29) is 33.1 Å². The lowest BCUT2D eigenvalue weighted by atomic mass is 9.78. The fraction of sp³-hybridized carbons (Fsp3) is 0.289. The first-order valence-corrected chi connectivity index (χ1v) is 17.1. The summed E-state index contributed by atoms with van der Waals surface area (Å²) in [6.07, 6.45) is 3.61. The van der Waals surface area contributed by atoms with Gasteiger partial charge >= 0.3 is 0 Å². The van der Waals surface area contributed by atoms with Crippen molar-refractivity contribution in [1.82, 2.24) is 0 Å². The zero-order chi connectivity index (χ0) is 35.1. The minimum atomic E-state index is -4.57. The lowest BCUT2D eigenvalue weighted by molar-refractivity contribution is 0.0826. The zero-order valence-electron chi connectivity index (χ0n) is 27.9. The fourth-order valence-corrected chi connectivity index (χ4v) is 7.51. The molecule has 0 spiro atoms. The van der Waals surface area contributed by atoms with Gasteiger partial charge < -0.3 is 15.3 Å². The Bertz CT molecular complexity index is 2170. The molecule has 0 fully saturated rings. The SMILES string of the molecule is CN1c2c(cccc2NC(=O)c2cc(C(C)(C)C)c(O)c(C(C)(C)C)c2)C=CC1C1C(=O)c2cc3cccc(S(=O)(=O)O)c3cc2C1=O. The van der Waals surface area contributed by atoms with Gasteiger partial charge in [0.2, 0.25) is 0 Å². The number of hydrogen-bond donors (Lipinski definition) is 3. The Labute approximate surface area is 280 Å². The van der Waals surface area contributed by atoms with Crippen molar-refractivity contribution in [2.75, 3.05) is 17.3 Å². The van der Waals surface area contributed by atoms with Crippen molar-refractivity contribution < 1.29 is 32.5 Å². The Morgan fingerprint density at radius 1 is 0.854 bits per heavy atom. The number of rotatable bonds is 4. The molecule has 48 heavy (non-hydrogen) atoms. The Morgan fingerprint density at radius 2 is 1.44 bits per heavy atom. The molecule has 2 unspecified atom stereocenters. The smallest absolute Gasteiger partial charge is 0.295 e. The Balaban J connectivity index is 1.36. The monoisotopic (exact) mass is 666 g/mol. The van der Waals surface area contributed by atoms with E-state index in [9.17, 15) is 32.5 Å². The Hall–Kier alpha value is -4.80. The molecule has 6 rings (SSSR count). The maximum atomic E-state index is 13.9. The topological polar surface area (TPSA) is 141 Å². The molecule has 2 aliphatic rings. The number of phenolic OH excluding ortho intramolecular Hbond substituents is 1. The first kappa shape index (κ1) is 33.1. The minimum Gasteiger partial charge on any atom is -0.507 e. The van der Waals surface area contributed by atoms with Gasteiger partial charge in [0.1, 0.15) is 16.6 Å². The highest BCUT2D eigenvalue weighted by Crippen LogP contribution is 2.43. The summed E-state index contributed by atoms with van der Waals surface area (Å²) in [4.78, 5) is 43.1. The van der Waals surface area contributed by atoms with E-state index in [2.05, 4.69) is 5.32 Å². The summed E-state index contributed by atoms with van der Waals surface area (Å²) in [5.41, 5.74) is 3.02. The van der Waals surface area contributed by atoms with Gasteiger partial charge in [0.15, 0.2) is 11.6 Å². The molecule has 3 N–H and O–H groups in total. The number of nitrogens with one attached hydrogen (secondary N) is 1. The van der Waals surface area contributed by atoms with Crippen LogP contribution >= 0.6 is 0 Å². The van der Waals surface area contributed by atoms with E-state index >= 15 is 0 Å². The summed E-state index contributed by atoms with van der Waals surface area (Å²) in [5, 5.41) is 14.8. The molecule has 1 aliphatic carbocycles. The summed E-state index contributed by atoms with van der Waals surface area (Å²) in [5.74, 6) is -2.17. The summed E-state index contributed by atoms with van der Waals surface area (Å²) in [6, 6.07) is 15.4. The van der Waals surface area contributed by atoms with Gasteiger partial charge in [-0.05, 0) is 58.2 Å². The Kier molecular flexibility index (Phi) is 7.68. The molecule has 1 amide bonds. The maximum absolute atomic E-state index is 13.9. The lowest BCUT2D eigenvalue weighted by Crippen LogP contribution is -2.43. The second-order valence-corrected chi connectivity index (χ2v) is 16.0. The van der Waals surface area contributed by atoms with Gasteiger partial charge in [0, 0.05) is 40.3 Å². The van der Waals surface area contributed by atoms with E-state index in [0.717, 1.165) is 5.56 Å².